The summed E-state index contributed by atoms with van der Waals surface area (Å²) in [7, 11) is -2.27. The van der Waals surface area contributed by atoms with Crippen LogP contribution in [0.4, 0.5) is 5.69 Å². The summed E-state index contributed by atoms with van der Waals surface area (Å²) in [6.45, 7) is 1.94. The molecule has 0 saturated carbocycles. The summed E-state index contributed by atoms with van der Waals surface area (Å²) >= 11 is 0. The Labute approximate surface area is 159 Å². The predicted octanol–water partition coefficient (Wildman–Crippen LogP) is 2.43. The van der Waals surface area contributed by atoms with Crippen LogP contribution < -0.4 is 5.32 Å². The third-order valence-electron chi connectivity index (χ3n) is 3.89. The summed E-state index contributed by atoms with van der Waals surface area (Å²) in [5.41, 5.74) is 1.19. The molecule has 0 bridgehead atoms. The Bertz CT molecular complexity index is 913. The van der Waals surface area contributed by atoms with Gasteiger partial charge in [0.1, 0.15) is 6.04 Å². The molecule has 144 valence electrons. The van der Waals surface area contributed by atoms with E-state index in [1.165, 1.54) is 13.1 Å². The third kappa shape index (κ3) is 5.38. The summed E-state index contributed by atoms with van der Waals surface area (Å²) in [4.78, 5) is 24.7. The second-order valence-electron chi connectivity index (χ2n) is 5.88. The maximum Gasteiger partial charge on any atom is 0.338 e. The summed E-state index contributed by atoms with van der Waals surface area (Å²) in [5, 5.41) is 2.68. The molecule has 1 atom stereocenters. The first-order valence-corrected chi connectivity index (χ1v) is 10.1. The highest BCUT2D eigenvalue weighted by Gasteiger charge is 2.30. The molecule has 0 aliphatic rings. The maximum atomic E-state index is 12.9. The standard InChI is InChI=1S/C19H22N2O5S/c1-4-26-19(23)15-11-8-12-16(13-15)20-18(22)17(21(2)27(3,24)25)14-9-6-5-7-10-14/h5-13,17H,4H2,1-3H3,(H,20,22). The van der Waals surface area contributed by atoms with E-state index in [0.717, 1.165) is 10.6 Å². The Kier molecular flexibility index (Phi) is 6.70. The average molecular weight is 390 g/mol. The van der Waals surface area contributed by atoms with Crippen molar-refractivity contribution in [3.63, 3.8) is 0 Å². The van der Waals surface area contributed by atoms with Gasteiger partial charge in [0.2, 0.25) is 15.9 Å². The van der Waals surface area contributed by atoms with Crippen molar-refractivity contribution in [3.05, 3.63) is 65.7 Å². The normalized spacial score (nSPS) is 12.4. The van der Waals surface area contributed by atoms with Crippen molar-refractivity contribution in [1.82, 2.24) is 4.31 Å². The van der Waals surface area contributed by atoms with E-state index in [-0.39, 0.29) is 6.61 Å². The van der Waals surface area contributed by atoms with Gasteiger partial charge in [0.05, 0.1) is 18.4 Å². The Balaban J connectivity index is 2.32. The van der Waals surface area contributed by atoms with Crippen molar-refractivity contribution < 1.29 is 22.7 Å². The van der Waals surface area contributed by atoms with Crippen molar-refractivity contribution in [2.45, 2.75) is 13.0 Å². The molecule has 0 fully saturated rings. The molecule has 0 heterocycles. The second-order valence-corrected chi connectivity index (χ2v) is 7.92. The molecule has 27 heavy (non-hydrogen) atoms. The number of carbonyl (C=O) groups is 2. The van der Waals surface area contributed by atoms with E-state index in [4.69, 9.17) is 4.74 Å². The van der Waals surface area contributed by atoms with Gasteiger partial charge in [-0.1, -0.05) is 36.4 Å². The zero-order valence-electron chi connectivity index (χ0n) is 15.4. The number of amides is 1. The first kappa shape index (κ1) is 20.6. The largest absolute Gasteiger partial charge is 0.462 e. The SMILES string of the molecule is CCOC(=O)c1cccc(NC(=O)C(c2ccccc2)N(C)S(C)(=O)=O)c1. The topological polar surface area (TPSA) is 92.8 Å². The van der Waals surface area contributed by atoms with Crippen LogP contribution in [0.2, 0.25) is 0 Å². The van der Waals surface area contributed by atoms with Crippen LogP contribution in [0.1, 0.15) is 28.9 Å². The van der Waals surface area contributed by atoms with E-state index in [1.54, 1.807) is 55.5 Å². The second kappa shape index (κ2) is 8.79. The van der Waals surface area contributed by atoms with Crippen molar-refractivity contribution in [2.75, 3.05) is 25.2 Å². The number of hydrogen-bond donors (Lipinski definition) is 1. The molecule has 0 saturated heterocycles. The monoisotopic (exact) mass is 390 g/mol. The molecule has 8 heteroatoms. The number of benzene rings is 2. The van der Waals surface area contributed by atoms with Gasteiger partial charge in [-0.05, 0) is 30.7 Å². The minimum atomic E-state index is -3.62. The van der Waals surface area contributed by atoms with Gasteiger partial charge in [-0.15, -0.1) is 0 Å². The van der Waals surface area contributed by atoms with Crippen LogP contribution in [0.15, 0.2) is 54.6 Å². The minimum Gasteiger partial charge on any atom is -0.462 e. The number of ether oxygens (including phenoxy) is 1. The van der Waals surface area contributed by atoms with Crippen molar-refractivity contribution in [2.24, 2.45) is 0 Å². The molecular formula is C19H22N2O5S. The highest BCUT2D eigenvalue weighted by atomic mass is 32.2. The minimum absolute atomic E-state index is 0.241. The summed E-state index contributed by atoms with van der Waals surface area (Å²) in [5.74, 6) is -1.03. The lowest BCUT2D eigenvalue weighted by Crippen LogP contribution is -2.38. The Hall–Kier alpha value is -2.71. The van der Waals surface area contributed by atoms with E-state index < -0.39 is 27.9 Å². The van der Waals surface area contributed by atoms with Gasteiger partial charge in [0, 0.05) is 12.7 Å². The summed E-state index contributed by atoms with van der Waals surface area (Å²) in [6.07, 6.45) is 1.04. The van der Waals surface area contributed by atoms with Gasteiger partial charge in [-0.25, -0.2) is 13.2 Å². The fraction of sp³-hybridized carbons (Fsp3) is 0.263. The molecule has 1 N–H and O–H groups in total. The quantitative estimate of drug-likeness (QED) is 0.733. The predicted molar refractivity (Wildman–Crippen MR) is 103 cm³/mol. The fourth-order valence-electron chi connectivity index (χ4n) is 2.50. The number of esters is 1. The van der Waals surface area contributed by atoms with E-state index in [0.29, 0.717) is 16.8 Å². The van der Waals surface area contributed by atoms with Crippen molar-refractivity contribution in [1.29, 1.82) is 0 Å². The van der Waals surface area contributed by atoms with E-state index in [2.05, 4.69) is 5.32 Å². The number of carbonyl (C=O) groups excluding carboxylic acids is 2. The molecule has 2 aromatic rings. The van der Waals surface area contributed by atoms with Crippen molar-refractivity contribution in [3.8, 4) is 0 Å². The van der Waals surface area contributed by atoms with Crippen LogP contribution in [-0.4, -0.2) is 44.5 Å². The lowest BCUT2D eigenvalue weighted by atomic mass is 10.1. The Morgan fingerprint density at radius 3 is 2.37 bits per heavy atom. The molecule has 0 radical (unpaired) electrons. The summed E-state index contributed by atoms with van der Waals surface area (Å²) < 4.78 is 30.0. The van der Waals surface area contributed by atoms with Crippen molar-refractivity contribution >= 4 is 27.6 Å². The highest BCUT2D eigenvalue weighted by Crippen LogP contribution is 2.24. The Morgan fingerprint density at radius 1 is 1.11 bits per heavy atom. The lowest BCUT2D eigenvalue weighted by molar-refractivity contribution is -0.119. The number of nitrogens with one attached hydrogen (secondary N) is 1. The zero-order valence-corrected chi connectivity index (χ0v) is 16.2. The zero-order chi connectivity index (χ0) is 20.0. The molecule has 1 amide bonds. The van der Waals surface area contributed by atoms with Gasteiger partial charge in [-0.3, -0.25) is 4.79 Å². The molecule has 7 nitrogen and oxygen atoms in total. The fourth-order valence-corrected chi connectivity index (χ4v) is 3.10. The first-order valence-electron chi connectivity index (χ1n) is 8.30. The first-order chi connectivity index (χ1) is 12.7. The van der Waals surface area contributed by atoms with Crippen LogP contribution in [0.25, 0.3) is 0 Å². The number of anilines is 1. The van der Waals surface area contributed by atoms with Gasteiger partial charge < -0.3 is 10.1 Å². The number of rotatable bonds is 7. The van der Waals surface area contributed by atoms with Crippen LogP contribution in [-0.2, 0) is 19.6 Å². The van der Waals surface area contributed by atoms with Crippen LogP contribution in [0, 0.1) is 0 Å². The molecule has 1 unspecified atom stereocenters. The smallest absolute Gasteiger partial charge is 0.338 e. The average Bonchev–Trinajstić information content (AvgIpc) is 2.62. The number of likely N-dealkylation sites (N-methyl/N-ethyl adjacent to an activating group) is 1. The number of sulfonamides is 1. The molecule has 0 aliphatic carbocycles. The number of nitrogens with zero attached hydrogens (tertiary/aromatic N) is 1. The van der Waals surface area contributed by atoms with Crippen LogP contribution in [0.3, 0.4) is 0 Å². The summed E-state index contributed by atoms with van der Waals surface area (Å²) in [6, 6.07) is 13.8. The van der Waals surface area contributed by atoms with Gasteiger partial charge in [0.15, 0.2) is 0 Å². The molecular weight excluding hydrogens is 368 g/mol. The maximum absolute atomic E-state index is 12.9. The van der Waals surface area contributed by atoms with Gasteiger partial charge >= 0.3 is 5.97 Å². The lowest BCUT2D eigenvalue weighted by Gasteiger charge is -2.25. The third-order valence-corrected chi connectivity index (χ3v) is 5.15. The van der Waals surface area contributed by atoms with Gasteiger partial charge in [-0.2, -0.15) is 4.31 Å². The molecule has 0 aliphatic heterocycles. The van der Waals surface area contributed by atoms with E-state index in [1.807, 2.05) is 0 Å². The van der Waals surface area contributed by atoms with Crippen LogP contribution in [0.5, 0.6) is 0 Å². The van der Waals surface area contributed by atoms with Gasteiger partial charge in [0.25, 0.3) is 0 Å². The Morgan fingerprint density at radius 2 is 1.78 bits per heavy atom. The highest BCUT2D eigenvalue weighted by molar-refractivity contribution is 7.88. The van der Waals surface area contributed by atoms with E-state index >= 15 is 0 Å². The molecule has 2 aromatic carbocycles. The molecule has 0 aromatic heterocycles. The molecule has 2 rings (SSSR count). The van der Waals surface area contributed by atoms with Crippen LogP contribution >= 0.6 is 0 Å². The number of hydrogen-bond acceptors (Lipinski definition) is 5. The van der Waals surface area contributed by atoms with E-state index in [9.17, 15) is 18.0 Å². The molecule has 0 spiro atoms.